The summed E-state index contributed by atoms with van der Waals surface area (Å²) in [5.41, 5.74) is 0.684. The van der Waals surface area contributed by atoms with Gasteiger partial charge >= 0.3 is 6.09 Å². The third kappa shape index (κ3) is 2.60. The van der Waals surface area contributed by atoms with Gasteiger partial charge in [0.2, 0.25) is 0 Å². The summed E-state index contributed by atoms with van der Waals surface area (Å²) in [6, 6.07) is 11.3. The zero-order valence-electron chi connectivity index (χ0n) is 14.7. The molecule has 4 atom stereocenters. The summed E-state index contributed by atoms with van der Waals surface area (Å²) in [6.45, 7) is 6.68. The predicted octanol–water partition coefficient (Wildman–Crippen LogP) is 2.79. The lowest BCUT2D eigenvalue weighted by molar-refractivity contribution is 0.0189. The standard InChI is InChI=1S/C19H27N3O2/c1-18(2,3)24-17(23)22-14-9-10-16(22)19(11-14)20-12-15(21-19)13-7-5-4-6-8-13/h4-8,14-16,20-21H,9-12H2,1-3H3/t14?,15-,16?,19?/m0/s1. The monoisotopic (exact) mass is 329 g/mol. The van der Waals surface area contributed by atoms with Crippen LogP contribution in [0.2, 0.25) is 0 Å². The highest BCUT2D eigenvalue weighted by Gasteiger charge is 2.60. The number of carbonyl (C=O) groups is 1. The van der Waals surface area contributed by atoms with Crippen LogP contribution in [0.4, 0.5) is 4.79 Å². The Morgan fingerprint density at radius 3 is 2.71 bits per heavy atom. The van der Waals surface area contributed by atoms with Crippen molar-refractivity contribution < 1.29 is 9.53 Å². The average molecular weight is 329 g/mol. The molecule has 2 bridgehead atoms. The van der Waals surface area contributed by atoms with Crippen LogP contribution in [0, 0.1) is 0 Å². The fourth-order valence-corrected chi connectivity index (χ4v) is 4.59. The molecule has 0 radical (unpaired) electrons. The van der Waals surface area contributed by atoms with Gasteiger partial charge in [0.25, 0.3) is 0 Å². The first-order valence-electron chi connectivity index (χ1n) is 8.97. The van der Waals surface area contributed by atoms with E-state index in [1.54, 1.807) is 0 Å². The summed E-state index contributed by atoms with van der Waals surface area (Å²) < 4.78 is 5.65. The van der Waals surface area contributed by atoms with Gasteiger partial charge in [0.15, 0.2) is 0 Å². The summed E-state index contributed by atoms with van der Waals surface area (Å²) in [7, 11) is 0. The van der Waals surface area contributed by atoms with Gasteiger partial charge in [-0.05, 0) is 39.2 Å². The van der Waals surface area contributed by atoms with Crippen molar-refractivity contribution in [2.45, 2.75) is 69.4 Å². The lowest BCUT2D eigenvalue weighted by Crippen LogP contribution is -2.58. The average Bonchev–Trinajstić information content (AvgIpc) is 3.19. The smallest absolute Gasteiger partial charge is 0.410 e. The maximum Gasteiger partial charge on any atom is 0.410 e. The van der Waals surface area contributed by atoms with Crippen molar-refractivity contribution in [3.63, 3.8) is 0 Å². The molecule has 5 heteroatoms. The number of nitrogens with zero attached hydrogens (tertiary/aromatic N) is 1. The molecular formula is C19H27N3O2. The molecule has 0 saturated carbocycles. The Bertz CT molecular complexity index is 627. The van der Waals surface area contributed by atoms with Crippen LogP contribution < -0.4 is 10.6 Å². The maximum absolute atomic E-state index is 12.7. The number of ether oxygens (including phenoxy) is 1. The Kier molecular flexibility index (Phi) is 3.62. The first kappa shape index (κ1) is 15.9. The Morgan fingerprint density at radius 2 is 2.00 bits per heavy atom. The first-order chi connectivity index (χ1) is 11.4. The van der Waals surface area contributed by atoms with Crippen molar-refractivity contribution in [1.82, 2.24) is 15.5 Å². The number of benzene rings is 1. The summed E-state index contributed by atoms with van der Waals surface area (Å²) in [6.07, 6.45) is 2.90. The van der Waals surface area contributed by atoms with Crippen LogP contribution in [0.1, 0.15) is 51.6 Å². The van der Waals surface area contributed by atoms with Crippen molar-refractivity contribution in [2.75, 3.05) is 6.54 Å². The molecule has 3 heterocycles. The largest absolute Gasteiger partial charge is 0.444 e. The molecule has 0 aliphatic carbocycles. The molecule has 3 unspecified atom stereocenters. The minimum atomic E-state index is -0.449. The number of fused-ring (bicyclic) bond motifs is 3. The van der Waals surface area contributed by atoms with Crippen molar-refractivity contribution in [2.24, 2.45) is 0 Å². The van der Waals surface area contributed by atoms with E-state index < -0.39 is 5.60 Å². The third-order valence-electron chi connectivity index (χ3n) is 5.49. The molecule has 1 amide bonds. The molecule has 1 spiro atoms. The van der Waals surface area contributed by atoms with E-state index in [9.17, 15) is 4.79 Å². The van der Waals surface area contributed by atoms with Gasteiger partial charge < -0.3 is 4.74 Å². The normalized spacial score (nSPS) is 35.0. The summed E-state index contributed by atoms with van der Waals surface area (Å²) >= 11 is 0. The Hall–Kier alpha value is -1.59. The number of rotatable bonds is 1. The van der Waals surface area contributed by atoms with Crippen LogP contribution in [0.25, 0.3) is 0 Å². The van der Waals surface area contributed by atoms with Gasteiger partial charge in [-0.25, -0.2) is 4.79 Å². The quantitative estimate of drug-likeness (QED) is 0.832. The van der Waals surface area contributed by atoms with Crippen LogP contribution in [0.3, 0.4) is 0 Å². The fourth-order valence-electron chi connectivity index (χ4n) is 4.59. The first-order valence-corrected chi connectivity index (χ1v) is 8.97. The van der Waals surface area contributed by atoms with Gasteiger partial charge in [0, 0.05) is 25.0 Å². The maximum atomic E-state index is 12.7. The van der Waals surface area contributed by atoms with Crippen molar-refractivity contribution >= 4 is 6.09 Å². The number of amides is 1. The van der Waals surface area contributed by atoms with E-state index in [0.29, 0.717) is 6.04 Å². The van der Waals surface area contributed by atoms with E-state index in [-0.39, 0.29) is 23.8 Å². The van der Waals surface area contributed by atoms with Crippen LogP contribution in [0.5, 0.6) is 0 Å². The Morgan fingerprint density at radius 1 is 1.25 bits per heavy atom. The SMILES string of the molecule is CC(C)(C)OC(=O)N1C2CCC1C1(C2)NC[C@@H](c2ccccc2)N1. The van der Waals surface area contributed by atoms with Crippen LogP contribution >= 0.6 is 0 Å². The zero-order valence-corrected chi connectivity index (χ0v) is 14.7. The van der Waals surface area contributed by atoms with Gasteiger partial charge in [-0.15, -0.1) is 0 Å². The van der Waals surface area contributed by atoms with Gasteiger partial charge in [0.1, 0.15) is 5.60 Å². The summed E-state index contributed by atoms with van der Waals surface area (Å²) in [5, 5.41) is 7.50. The molecule has 24 heavy (non-hydrogen) atoms. The second kappa shape index (κ2) is 5.46. The second-order valence-corrected chi connectivity index (χ2v) is 8.30. The van der Waals surface area contributed by atoms with Crippen LogP contribution in [-0.2, 0) is 4.74 Å². The Balaban J connectivity index is 1.52. The number of nitrogens with one attached hydrogen (secondary N) is 2. The van der Waals surface area contributed by atoms with Gasteiger partial charge in [0.05, 0.1) is 11.7 Å². The molecule has 2 N–H and O–H groups in total. The van der Waals surface area contributed by atoms with E-state index in [2.05, 4.69) is 34.9 Å². The molecule has 130 valence electrons. The Labute approximate surface area is 143 Å². The highest BCUT2D eigenvalue weighted by molar-refractivity contribution is 5.70. The molecule has 3 saturated heterocycles. The molecule has 1 aromatic rings. The third-order valence-corrected chi connectivity index (χ3v) is 5.49. The number of hydrogen-bond acceptors (Lipinski definition) is 4. The molecule has 3 aliphatic rings. The van der Waals surface area contributed by atoms with Gasteiger partial charge in [-0.3, -0.25) is 15.5 Å². The van der Waals surface area contributed by atoms with E-state index in [1.807, 2.05) is 31.7 Å². The van der Waals surface area contributed by atoms with Crippen molar-refractivity contribution in [3.05, 3.63) is 35.9 Å². The highest BCUT2D eigenvalue weighted by atomic mass is 16.6. The molecule has 0 aromatic heterocycles. The van der Waals surface area contributed by atoms with E-state index in [4.69, 9.17) is 4.74 Å². The number of hydrogen-bond donors (Lipinski definition) is 2. The van der Waals surface area contributed by atoms with Gasteiger partial charge in [-0.1, -0.05) is 30.3 Å². The molecule has 3 aliphatic heterocycles. The number of carbonyl (C=O) groups excluding carboxylic acids is 1. The lowest BCUT2D eigenvalue weighted by atomic mass is 9.89. The van der Waals surface area contributed by atoms with E-state index in [1.165, 1.54) is 5.56 Å². The molecule has 5 nitrogen and oxygen atoms in total. The van der Waals surface area contributed by atoms with E-state index >= 15 is 0 Å². The second-order valence-electron chi connectivity index (χ2n) is 8.30. The highest BCUT2D eigenvalue weighted by Crippen LogP contribution is 2.46. The predicted molar refractivity (Wildman–Crippen MR) is 92.6 cm³/mol. The molecule has 1 aromatic carbocycles. The van der Waals surface area contributed by atoms with Crippen LogP contribution in [-0.4, -0.2) is 40.9 Å². The fraction of sp³-hybridized carbons (Fsp3) is 0.632. The summed E-state index contributed by atoms with van der Waals surface area (Å²) in [5.74, 6) is 0. The molecular weight excluding hydrogens is 302 g/mol. The minimum Gasteiger partial charge on any atom is -0.444 e. The van der Waals surface area contributed by atoms with Crippen molar-refractivity contribution in [3.8, 4) is 0 Å². The van der Waals surface area contributed by atoms with Crippen LogP contribution in [0.15, 0.2) is 30.3 Å². The molecule has 3 fully saturated rings. The summed E-state index contributed by atoms with van der Waals surface area (Å²) in [4.78, 5) is 14.6. The minimum absolute atomic E-state index is 0.166. The van der Waals surface area contributed by atoms with Gasteiger partial charge in [-0.2, -0.15) is 0 Å². The zero-order chi connectivity index (χ0) is 16.9. The van der Waals surface area contributed by atoms with Crippen molar-refractivity contribution in [1.29, 1.82) is 0 Å². The molecule has 4 rings (SSSR count). The lowest BCUT2D eigenvalue weighted by Gasteiger charge is -2.35. The topological polar surface area (TPSA) is 53.6 Å². The van der Waals surface area contributed by atoms with E-state index in [0.717, 1.165) is 25.8 Å².